The van der Waals surface area contributed by atoms with Crippen molar-refractivity contribution in [2.24, 2.45) is 0 Å². The fraction of sp³-hybridized carbons (Fsp3) is 0.0909. The van der Waals surface area contributed by atoms with Crippen molar-refractivity contribution < 1.29 is 9.53 Å². The van der Waals surface area contributed by atoms with Gasteiger partial charge in [-0.05, 0) is 41.8 Å². The normalized spacial score (nSPS) is 10.6. The first-order valence-corrected chi connectivity index (χ1v) is 9.85. The van der Waals surface area contributed by atoms with Crippen molar-refractivity contribution in [2.75, 3.05) is 6.54 Å². The van der Waals surface area contributed by atoms with Crippen molar-refractivity contribution in [1.29, 1.82) is 0 Å². The third-order valence-electron chi connectivity index (χ3n) is 4.14. The van der Waals surface area contributed by atoms with Gasteiger partial charge in [0, 0.05) is 12.7 Å². The fourth-order valence-corrected chi connectivity index (χ4v) is 3.47. The number of hydrogen-bond donors (Lipinski definition) is 1. The van der Waals surface area contributed by atoms with Crippen LogP contribution in [0.1, 0.15) is 10.4 Å². The summed E-state index contributed by atoms with van der Waals surface area (Å²) in [7, 11) is 0. The summed E-state index contributed by atoms with van der Waals surface area (Å²) in [6, 6.07) is 22.7. The molecule has 2 heterocycles. The molecular formula is C22H19N3O2S. The van der Waals surface area contributed by atoms with Gasteiger partial charge in [-0.15, -0.1) is 11.3 Å². The average Bonchev–Trinajstić information content (AvgIpc) is 3.41. The first-order chi connectivity index (χ1) is 13.8. The molecular weight excluding hydrogens is 370 g/mol. The Morgan fingerprint density at radius 3 is 2.64 bits per heavy atom. The number of nitrogens with zero attached hydrogens (tertiary/aromatic N) is 2. The van der Waals surface area contributed by atoms with Crippen LogP contribution in [0.2, 0.25) is 0 Å². The molecule has 0 fully saturated rings. The Hall–Kier alpha value is -3.38. The molecule has 5 nitrogen and oxygen atoms in total. The molecule has 0 aliphatic heterocycles. The lowest BCUT2D eigenvalue weighted by molar-refractivity contribution is 0.0949. The third kappa shape index (κ3) is 4.29. The fourth-order valence-electron chi connectivity index (χ4n) is 2.78. The van der Waals surface area contributed by atoms with Crippen LogP contribution < -0.4 is 10.1 Å². The van der Waals surface area contributed by atoms with Gasteiger partial charge in [0.2, 0.25) is 0 Å². The Kier molecular flexibility index (Phi) is 5.49. The lowest BCUT2D eigenvalue weighted by Crippen LogP contribution is -2.27. The summed E-state index contributed by atoms with van der Waals surface area (Å²) in [6.45, 7) is 1.07. The Bertz CT molecular complexity index is 1040. The van der Waals surface area contributed by atoms with Crippen molar-refractivity contribution in [3.8, 4) is 22.1 Å². The minimum atomic E-state index is -0.169. The van der Waals surface area contributed by atoms with Crippen LogP contribution in [0, 0.1) is 0 Å². The average molecular weight is 389 g/mol. The smallest absolute Gasteiger partial charge is 0.255 e. The van der Waals surface area contributed by atoms with Gasteiger partial charge in [0.25, 0.3) is 5.91 Å². The van der Waals surface area contributed by atoms with Gasteiger partial charge in [0.05, 0.1) is 17.0 Å². The molecule has 2 aromatic heterocycles. The topological polar surface area (TPSA) is 56.2 Å². The lowest BCUT2D eigenvalue weighted by atomic mass is 10.2. The number of rotatable bonds is 7. The zero-order valence-electron chi connectivity index (χ0n) is 15.1. The molecule has 0 aliphatic rings. The Balaban J connectivity index is 1.37. The molecule has 4 aromatic rings. The van der Waals surface area contributed by atoms with E-state index < -0.39 is 0 Å². The summed E-state index contributed by atoms with van der Waals surface area (Å²) < 4.78 is 7.70. The van der Waals surface area contributed by atoms with Crippen LogP contribution in [0.25, 0.3) is 10.6 Å². The summed E-state index contributed by atoms with van der Waals surface area (Å²) in [5, 5.41) is 9.52. The number of carbonyl (C=O) groups is 1. The highest BCUT2D eigenvalue weighted by Crippen LogP contribution is 2.25. The van der Waals surface area contributed by atoms with Gasteiger partial charge in [0.1, 0.15) is 17.2 Å². The van der Waals surface area contributed by atoms with E-state index in [0.717, 1.165) is 10.6 Å². The molecule has 0 spiro atoms. The van der Waals surface area contributed by atoms with E-state index in [4.69, 9.17) is 4.74 Å². The number of carbonyl (C=O) groups excluding carboxylic acids is 1. The second kappa shape index (κ2) is 8.54. The Labute approximate surface area is 167 Å². The summed E-state index contributed by atoms with van der Waals surface area (Å²) in [5.74, 6) is 1.06. The van der Waals surface area contributed by atoms with Crippen LogP contribution in [0.4, 0.5) is 0 Å². The summed E-state index contributed by atoms with van der Waals surface area (Å²) in [6.07, 6.45) is 1.92. The van der Waals surface area contributed by atoms with Gasteiger partial charge in [-0.3, -0.25) is 9.48 Å². The van der Waals surface area contributed by atoms with E-state index in [2.05, 4.69) is 10.4 Å². The predicted molar refractivity (Wildman–Crippen MR) is 111 cm³/mol. The van der Waals surface area contributed by atoms with E-state index in [1.165, 1.54) is 0 Å². The molecule has 0 saturated carbocycles. The third-order valence-corrected chi connectivity index (χ3v) is 5.04. The Morgan fingerprint density at radius 1 is 1.00 bits per heavy atom. The minimum absolute atomic E-state index is 0.169. The SMILES string of the molecule is O=C(NCCn1ccc(-c2cccs2)n1)c1ccccc1Oc1ccccc1. The highest BCUT2D eigenvalue weighted by molar-refractivity contribution is 7.13. The number of benzene rings is 2. The highest BCUT2D eigenvalue weighted by atomic mass is 32.1. The molecule has 0 unspecified atom stereocenters. The summed E-state index contributed by atoms with van der Waals surface area (Å²) >= 11 is 1.66. The van der Waals surface area contributed by atoms with Gasteiger partial charge in [-0.1, -0.05) is 36.4 Å². The molecule has 0 atom stereocenters. The van der Waals surface area contributed by atoms with Crippen LogP contribution in [0.5, 0.6) is 11.5 Å². The first kappa shape index (κ1) is 18.0. The molecule has 6 heteroatoms. The van der Waals surface area contributed by atoms with Gasteiger partial charge >= 0.3 is 0 Å². The first-order valence-electron chi connectivity index (χ1n) is 8.97. The molecule has 1 N–H and O–H groups in total. The van der Waals surface area contributed by atoms with E-state index in [9.17, 15) is 4.79 Å². The van der Waals surface area contributed by atoms with Crippen molar-refractivity contribution in [3.05, 3.63) is 89.9 Å². The minimum Gasteiger partial charge on any atom is -0.457 e. The standard InChI is InChI=1S/C22H19N3O2S/c26-22(18-9-4-5-10-20(18)27-17-7-2-1-3-8-17)23-13-15-25-14-12-19(24-25)21-11-6-16-28-21/h1-12,14,16H,13,15H2,(H,23,26). The number of nitrogens with one attached hydrogen (secondary N) is 1. The largest absolute Gasteiger partial charge is 0.457 e. The van der Waals surface area contributed by atoms with Gasteiger partial charge in [-0.25, -0.2) is 0 Å². The van der Waals surface area contributed by atoms with Crippen LogP contribution in [0.15, 0.2) is 84.4 Å². The number of amides is 1. The van der Waals surface area contributed by atoms with Crippen molar-refractivity contribution in [3.63, 3.8) is 0 Å². The zero-order chi connectivity index (χ0) is 19.2. The van der Waals surface area contributed by atoms with Gasteiger partial charge < -0.3 is 10.1 Å². The number of thiophene rings is 1. The molecule has 0 radical (unpaired) electrons. The molecule has 28 heavy (non-hydrogen) atoms. The van der Waals surface area contributed by atoms with E-state index >= 15 is 0 Å². The second-order valence-electron chi connectivity index (χ2n) is 6.11. The maximum atomic E-state index is 12.6. The Morgan fingerprint density at radius 2 is 1.82 bits per heavy atom. The summed E-state index contributed by atoms with van der Waals surface area (Å²) in [5.41, 5.74) is 1.45. The number of ether oxygens (including phenoxy) is 1. The molecule has 0 bridgehead atoms. The predicted octanol–water partition coefficient (Wildman–Crippen LogP) is 4.83. The van der Waals surface area contributed by atoms with E-state index in [1.54, 1.807) is 23.5 Å². The maximum Gasteiger partial charge on any atom is 0.255 e. The molecule has 0 aliphatic carbocycles. The van der Waals surface area contributed by atoms with E-state index in [1.807, 2.05) is 76.9 Å². The molecule has 1 amide bonds. The number of aromatic nitrogens is 2. The monoisotopic (exact) mass is 389 g/mol. The molecule has 0 saturated heterocycles. The zero-order valence-corrected chi connectivity index (χ0v) is 15.9. The quantitative estimate of drug-likeness (QED) is 0.492. The van der Waals surface area contributed by atoms with Crippen LogP contribution in [-0.2, 0) is 6.54 Å². The van der Waals surface area contributed by atoms with Gasteiger partial charge in [-0.2, -0.15) is 5.10 Å². The maximum absolute atomic E-state index is 12.6. The molecule has 140 valence electrons. The van der Waals surface area contributed by atoms with Crippen LogP contribution >= 0.6 is 11.3 Å². The second-order valence-corrected chi connectivity index (χ2v) is 7.06. The van der Waals surface area contributed by atoms with Crippen molar-refractivity contribution in [2.45, 2.75) is 6.54 Å². The van der Waals surface area contributed by atoms with E-state index in [0.29, 0.717) is 30.2 Å². The van der Waals surface area contributed by atoms with Crippen LogP contribution in [-0.4, -0.2) is 22.2 Å². The van der Waals surface area contributed by atoms with Gasteiger partial charge in [0.15, 0.2) is 0 Å². The molecule has 2 aromatic carbocycles. The van der Waals surface area contributed by atoms with Crippen molar-refractivity contribution >= 4 is 17.2 Å². The lowest BCUT2D eigenvalue weighted by Gasteiger charge is -2.11. The van der Waals surface area contributed by atoms with Crippen LogP contribution in [0.3, 0.4) is 0 Å². The van der Waals surface area contributed by atoms with E-state index in [-0.39, 0.29) is 5.91 Å². The summed E-state index contributed by atoms with van der Waals surface area (Å²) in [4.78, 5) is 13.8. The number of para-hydroxylation sites is 2. The highest BCUT2D eigenvalue weighted by Gasteiger charge is 2.12. The molecule has 4 rings (SSSR count). The van der Waals surface area contributed by atoms with Crippen molar-refractivity contribution in [1.82, 2.24) is 15.1 Å². The number of hydrogen-bond acceptors (Lipinski definition) is 4.